The molecule has 172 valence electrons. The number of likely N-dealkylation sites (N-methyl/N-ethyl adjacent to an activating group) is 1. The van der Waals surface area contributed by atoms with Gasteiger partial charge in [0.1, 0.15) is 5.75 Å². The highest BCUT2D eigenvalue weighted by Crippen LogP contribution is 2.17. The zero-order chi connectivity index (χ0) is 22.1. The molecule has 0 atom stereocenters. The van der Waals surface area contributed by atoms with E-state index < -0.39 is 0 Å². The van der Waals surface area contributed by atoms with E-state index in [1.54, 1.807) is 14.1 Å². The van der Waals surface area contributed by atoms with Crippen LogP contribution in [0, 0.1) is 0 Å². The van der Waals surface area contributed by atoms with Gasteiger partial charge in [-0.1, -0.05) is 30.3 Å². The number of amides is 1. The van der Waals surface area contributed by atoms with Crippen molar-refractivity contribution in [3.8, 4) is 5.75 Å². The number of hydrogen-bond donors (Lipinski definition) is 3. The number of nitrogens with zero attached hydrogens (tertiary/aromatic N) is 2. The van der Waals surface area contributed by atoms with Crippen molar-refractivity contribution in [1.29, 1.82) is 0 Å². The minimum Gasteiger partial charge on any atom is -0.484 e. The highest BCUT2D eigenvalue weighted by molar-refractivity contribution is 14.0. The van der Waals surface area contributed by atoms with Crippen LogP contribution in [0.1, 0.15) is 18.1 Å². The third kappa shape index (κ3) is 7.44. The van der Waals surface area contributed by atoms with Crippen molar-refractivity contribution in [2.24, 2.45) is 4.99 Å². The summed E-state index contributed by atoms with van der Waals surface area (Å²) in [6.07, 6.45) is 2.97. The maximum atomic E-state index is 11.7. The van der Waals surface area contributed by atoms with Crippen molar-refractivity contribution in [3.63, 3.8) is 0 Å². The van der Waals surface area contributed by atoms with Gasteiger partial charge in [0.15, 0.2) is 12.6 Å². The molecular weight excluding hydrogens is 517 g/mol. The lowest BCUT2D eigenvalue weighted by atomic mass is 10.1. The molecular formula is C24H32IN5O2. The zero-order valence-corrected chi connectivity index (χ0v) is 21.2. The first-order valence-electron chi connectivity index (χ1n) is 10.6. The largest absolute Gasteiger partial charge is 0.484 e. The fourth-order valence-electron chi connectivity index (χ4n) is 3.17. The number of aromatic nitrogens is 1. The first kappa shape index (κ1) is 25.5. The zero-order valence-electron chi connectivity index (χ0n) is 18.9. The van der Waals surface area contributed by atoms with Crippen LogP contribution in [-0.2, 0) is 17.8 Å². The maximum Gasteiger partial charge on any atom is 0.259 e. The summed E-state index contributed by atoms with van der Waals surface area (Å²) >= 11 is 0. The SMILES string of the molecule is CCNC(=NCc1cccc(OCC(=O)N(C)C)c1)NCCc1c[nH]c2ccccc12.I. The summed E-state index contributed by atoms with van der Waals surface area (Å²) in [6.45, 7) is 4.16. The van der Waals surface area contributed by atoms with Gasteiger partial charge in [-0.2, -0.15) is 0 Å². The van der Waals surface area contributed by atoms with Gasteiger partial charge in [0.25, 0.3) is 5.91 Å². The molecule has 0 aliphatic carbocycles. The van der Waals surface area contributed by atoms with Gasteiger partial charge in [0.05, 0.1) is 6.54 Å². The Kier molecular flexibility index (Phi) is 10.3. The van der Waals surface area contributed by atoms with E-state index in [0.29, 0.717) is 12.3 Å². The highest BCUT2D eigenvalue weighted by atomic mass is 127. The van der Waals surface area contributed by atoms with Crippen LogP contribution in [0.4, 0.5) is 0 Å². The normalized spacial score (nSPS) is 11.0. The number of carbonyl (C=O) groups excluding carboxylic acids is 1. The van der Waals surface area contributed by atoms with Gasteiger partial charge in [-0.25, -0.2) is 4.99 Å². The topological polar surface area (TPSA) is 81.8 Å². The number of benzene rings is 2. The predicted molar refractivity (Wildman–Crippen MR) is 141 cm³/mol. The third-order valence-electron chi connectivity index (χ3n) is 4.89. The summed E-state index contributed by atoms with van der Waals surface area (Å²) < 4.78 is 5.59. The van der Waals surface area contributed by atoms with E-state index >= 15 is 0 Å². The molecule has 0 unspecified atom stereocenters. The molecule has 0 fully saturated rings. The molecule has 3 aromatic rings. The molecule has 2 aromatic carbocycles. The minimum atomic E-state index is -0.0720. The van der Waals surface area contributed by atoms with Gasteiger partial charge >= 0.3 is 0 Å². The Bertz CT molecular complexity index is 1030. The van der Waals surface area contributed by atoms with Crippen molar-refractivity contribution in [3.05, 3.63) is 65.9 Å². The van der Waals surface area contributed by atoms with Crippen LogP contribution in [0.3, 0.4) is 0 Å². The number of para-hydroxylation sites is 1. The number of nitrogens with one attached hydrogen (secondary N) is 3. The van der Waals surface area contributed by atoms with E-state index in [1.165, 1.54) is 15.8 Å². The molecule has 7 nitrogen and oxygen atoms in total. The summed E-state index contributed by atoms with van der Waals surface area (Å²) in [6, 6.07) is 16.0. The molecule has 0 radical (unpaired) electrons. The van der Waals surface area contributed by atoms with Gasteiger partial charge in [0.2, 0.25) is 0 Å². The number of halogens is 1. The second kappa shape index (κ2) is 12.9. The molecule has 0 saturated carbocycles. The van der Waals surface area contributed by atoms with E-state index in [0.717, 1.165) is 36.6 Å². The standard InChI is InChI=1S/C24H31N5O2.HI/c1-4-25-24(26-13-12-19-16-27-22-11-6-5-10-21(19)22)28-15-18-8-7-9-20(14-18)31-17-23(30)29(2)3;/h5-11,14,16,27H,4,12-13,15,17H2,1-3H3,(H2,25,26,28);1H. The number of H-pyrrole nitrogens is 1. The van der Waals surface area contributed by atoms with Crippen molar-refractivity contribution >= 4 is 46.7 Å². The third-order valence-corrected chi connectivity index (χ3v) is 4.89. The number of aromatic amines is 1. The molecule has 1 aromatic heterocycles. The van der Waals surface area contributed by atoms with Crippen molar-refractivity contribution < 1.29 is 9.53 Å². The number of fused-ring (bicyclic) bond motifs is 1. The Morgan fingerprint density at radius 2 is 1.94 bits per heavy atom. The summed E-state index contributed by atoms with van der Waals surface area (Å²) in [5.41, 5.74) is 3.46. The van der Waals surface area contributed by atoms with Gasteiger partial charge in [-0.05, 0) is 42.7 Å². The molecule has 3 N–H and O–H groups in total. The highest BCUT2D eigenvalue weighted by Gasteiger charge is 2.06. The Labute approximate surface area is 206 Å². The maximum absolute atomic E-state index is 11.7. The lowest BCUT2D eigenvalue weighted by Gasteiger charge is -2.12. The van der Waals surface area contributed by atoms with Crippen molar-refractivity contribution in [1.82, 2.24) is 20.5 Å². The second-order valence-electron chi connectivity index (χ2n) is 7.46. The molecule has 0 bridgehead atoms. The molecule has 1 heterocycles. The number of aliphatic imine (C=N–C) groups is 1. The van der Waals surface area contributed by atoms with E-state index in [-0.39, 0.29) is 36.5 Å². The van der Waals surface area contributed by atoms with Crippen LogP contribution in [0.5, 0.6) is 5.75 Å². The average molecular weight is 549 g/mol. The van der Waals surface area contributed by atoms with E-state index in [2.05, 4.69) is 45.0 Å². The van der Waals surface area contributed by atoms with Crippen LogP contribution < -0.4 is 15.4 Å². The summed E-state index contributed by atoms with van der Waals surface area (Å²) in [4.78, 5) is 21.2. The van der Waals surface area contributed by atoms with Crippen molar-refractivity contribution in [2.75, 3.05) is 33.8 Å². The number of guanidine groups is 1. The summed E-state index contributed by atoms with van der Waals surface area (Å²) in [7, 11) is 3.43. The first-order valence-corrected chi connectivity index (χ1v) is 10.6. The summed E-state index contributed by atoms with van der Waals surface area (Å²) in [5, 5.41) is 7.95. The second-order valence-corrected chi connectivity index (χ2v) is 7.46. The molecule has 0 aliphatic rings. The summed E-state index contributed by atoms with van der Waals surface area (Å²) in [5.74, 6) is 1.37. The van der Waals surface area contributed by atoms with Crippen LogP contribution in [-0.4, -0.2) is 55.5 Å². The van der Waals surface area contributed by atoms with Crippen LogP contribution >= 0.6 is 24.0 Å². The molecule has 32 heavy (non-hydrogen) atoms. The van der Waals surface area contributed by atoms with Gasteiger partial charge < -0.3 is 25.3 Å². The minimum absolute atomic E-state index is 0. The number of rotatable bonds is 9. The molecule has 0 aliphatic heterocycles. The monoisotopic (exact) mass is 549 g/mol. The Hall–Kier alpha value is -2.75. The number of carbonyl (C=O) groups is 1. The number of ether oxygens (including phenoxy) is 1. The van der Waals surface area contributed by atoms with E-state index in [1.807, 2.05) is 37.3 Å². The average Bonchev–Trinajstić information content (AvgIpc) is 3.19. The first-order chi connectivity index (χ1) is 15.1. The van der Waals surface area contributed by atoms with Crippen molar-refractivity contribution in [2.45, 2.75) is 19.9 Å². The Balaban J connectivity index is 0.00000363. The van der Waals surface area contributed by atoms with Crippen LogP contribution in [0.25, 0.3) is 10.9 Å². The molecule has 8 heteroatoms. The van der Waals surface area contributed by atoms with E-state index in [4.69, 9.17) is 4.74 Å². The molecule has 3 rings (SSSR count). The lowest BCUT2D eigenvalue weighted by molar-refractivity contribution is -0.130. The van der Waals surface area contributed by atoms with Crippen LogP contribution in [0.15, 0.2) is 59.7 Å². The quantitative estimate of drug-likeness (QED) is 0.217. The smallest absolute Gasteiger partial charge is 0.259 e. The fourth-order valence-corrected chi connectivity index (χ4v) is 3.17. The fraction of sp³-hybridized carbons (Fsp3) is 0.333. The Morgan fingerprint density at radius 3 is 2.72 bits per heavy atom. The lowest BCUT2D eigenvalue weighted by Crippen LogP contribution is -2.38. The van der Waals surface area contributed by atoms with Gasteiger partial charge in [-0.3, -0.25) is 4.79 Å². The van der Waals surface area contributed by atoms with Crippen LogP contribution in [0.2, 0.25) is 0 Å². The molecule has 1 amide bonds. The number of hydrogen-bond acceptors (Lipinski definition) is 3. The van der Waals surface area contributed by atoms with Gasteiger partial charge in [0, 0.05) is 44.3 Å². The predicted octanol–water partition coefficient (Wildman–Crippen LogP) is 3.55. The Morgan fingerprint density at radius 1 is 1.12 bits per heavy atom. The van der Waals surface area contributed by atoms with E-state index in [9.17, 15) is 4.79 Å². The molecule has 0 spiro atoms. The molecule has 0 saturated heterocycles. The van der Waals surface area contributed by atoms with Gasteiger partial charge in [-0.15, -0.1) is 24.0 Å².